The quantitative estimate of drug-likeness (QED) is 0.499. The monoisotopic (exact) mass is 462 g/mol. The van der Waals surface area contributed by atoms with E-state index in [9.17, 15) is 9.59 Å². The van der Waals surface area contributed by atoms with Crippen LogP contribution in [0.2, 0.25) is 5.02 Å². The number of nitrogens with zero attached hydrogens (tertiary/aromatic N) is 1. The lowest BCUT2D eigenvalue weighted by Gasteiger charge is -2.19. The number of hydrogen-bond acceptors (Lipinski definition) is 5. The maximum atomic E-state index is 13.7. The van der Waals surface area contributed by atoms with Crippen molar-refractivity contribution in [3.63, 3.8) is 0 Å². The molecule has 3 aromatic rings. The number of imide groups is 1. The summed E-state index contributed by atoms with van der Waals surface area (Å²) in [5, 5.41) is 3.50. The molecule has 33 heavy (non-hydrogen) atoms. The Labute approximate surface area is 197 Å². The molecule has 0 fully saturated rings. The lowest BCUT2D eigenvalue weighted by molar-refractivity contribution is -0.120. The van der Waals surface area contributed by atoms with Gasteiger partial charge in [-0.05, 0) is 55.3 Å². The van der Waals surface area contributed by atoms with Crippen molar-refractivity contribution in [1.82, 2.24) is 0 Å². The van der Waals surface area contributed by atoms with Crippen LogP contribution in [-0.2, 0) is 9.59 Å². The highest BCUT2D eigenvalue weighted by atomic mass is 35.5. The number of aryl methyl sites for hydroxylation is 1. The summed E-state index contributed by atoms with van der Waals surface area (Å²) in [5.74, 6) is 0.109. The zero-order chi connectivity index (χ0) is 23.7. The van der Waals surface area contributed by atoms with Gasteiger partial charge in [0.2, 0.25) is 0 Å². The van der Waals surface area contributed by atoms with Crippen LogP contribution in [0.4, 0.5) is 11.4 Å². The Morgan fingerprint density at radius 2 is 1.58 bits per heavy atom. The molecule has 1 N–H and O–H groups in total. The number of amides is 2. The molecule has 0 saturated carbocycles. The minimum Gasteiger partial charge on any atom is -0.496 e. The van der Waals surface area contributed by atoms with E-state index in [2.05, 4.69) is 5.32 Å². The topological polar surface area (TPSA) is 67.9 Å². The second-order valence-electron chi connectivity index (χ2n) is 7.59. The molecule has 0 spiro atoms. The number of rotatable bonds is 6. The van der Waals surface area contributed by atoms with E-state index in [1.165, 1.54) is 19.1 Å². The third-order valence-corrected chi connectivity index (χ3v) is 5.99. The zero-order valence-electron chi connectivity index (χ0n) is 18.7. The van der Waals surface area contributed by atoms with Crippen molar-refractivity contribution in [2.75, 3.05) is 24.4 Å². The SMILES string of the molecule is COc1ccc(NC2=C(c3ccccc3OC)C(=O)N(c3cccc(C)c3C)C2=O)cc1Cl. The molecule has 0 bridgehead atoms. The molecular weight excluding hydrogens is 440 g/mol. The largest absolute Gasteiger partial charge is 0.496 e. The molecule has 4 rings (SSSR count). The van der Waals surface area contributed by atoms with Crippen molar-refractivity contribution in [3.05, 3.63) is 88.1 Å². The van der Waals surface area contributed by atoms with Crippen molar-refractivity contribution in [2.24, 2.45) is 0 Å². The second kappa shape index (κ2) is 9.00. The van der Waals surface area contributed by atoms with E-state index in [1.807, 2.05) is 32.0 Å². The number of hydrogen-bond donors (Lipinski definition) is 1. The van der Waals surface area contributed by atoms with E-state index in [-0.39, 0.29) is 11.3 Å². The predicted octanol–water partition coefficient (Wildman–Crippen LogP) is 5.37. The molecule has 2 amide bonds. The molecule has 1 heterocycles. The number of carbonyl (C=O) groups excluding carboxylic acids is 2. The third kappa shape index (κ3) is 3.94. The average molecular weight is 463 g/mol. The Hall–Kier alpha value is -3.77. The van der Waals surface area contributed by atoms with Gasteiger partial charge >= 0.3 is 0 Å². The lowest BCUT2D eigenvalue weighted by Crippen LogP contribution is -2.33. The molecule has 1 aliphatic rings. The first-order valence-electron chi connectivity index (χ1n) is 10.3. The van der Waals surface area contributed by atoms with Crippen molar-refractivity contribution < 1.29 is 19.1 Å². The van der Waals surface area contributed by atoms with Crippen LogP contribution in [0.3, 0.4) is 0 Å². The van der Waals surface area contributed by atoms with E-state index < -0.39 is 11.8 Å². The first kappa shape index (κ1) is 22.4. The molecule has 3 aromatic carbocycles. The fourth-order valence-corrected chi connectivity index (χ4v) is 4.09. The Morgan fingerprint density at radius 1 is 0.848 bits per heavy atom. The summed E-state index contributed by atoms with van der Waals surface area (Å²) in [7, 11) is 3.05. The van der Waals surface area contributed by atoms with E-state index >= 15 is 0 Å². The van der Waals surface area contributed by atoms with Crippen molar-refractivity contribution >= 4 is 40.4 Å². The van der Waals surface area contributed by atoms with Crippen LogP contribution in [0.1, 0.15) is 16.7 Å². The Bertz CT molecular complexity index is 1300. The van der Waals surface area contributed by atoms with Crippen LogP contribution < -0.4 is 19.7 Å². The minimum absolute atomic E-state index is 0.145. The van der Waals surface area contributed by atoms with Gasteiger partial charge in [0, 0.05) is 11.3 Å². The predicted molar refractivity (Wildman–Crippen MR) is 130 cm³/mol. The molecule has 1 aliphatic heterocycles. The lowest BCUT2D eigenvalue weighted by atomic mass is 10.0. The number of carbonyl (C=O) groups is 2. The van der Waals surface area contributed by atoms with Crippen LogP contribution in [-0.4, -0.2) is 26.0 Å². The van der Waals surface area contributed by atoms with Gasteiger partial charge in [0.25, 0.3) is 11.8 Å². The molecule has 0 unspecified atom stereocenters. The van der Waals surface area contributed by atoms with Crippen LogP contribution >= 0.6 is 11.6 Å². The zero-order valence-corrected chi connectivity index (χ0v) is 19.5. The van der Waals surface area contributed by atoms with Gasteiger partial charge in [-0.2, -0.15) is 0 Å². The molecule has 0 radical (unpaired) electrons. The molecule has 0 saturated heterocycles. The highest BCUT2D eigenvalue weighted by Crippen LogP contribution is 2.39. The molecule has 0 aliphatic carbocycles. The van der Waals surface area contributed by atoms with Crippen molar-refractivity contribution in [3.8, 4) is 11.5 Å². The van der Waals surface area contributed by atoms with Gasteiger partial charge in [-0.1, -0.05) is 41.9 Å². The number of ether oxygens (including phenoxy) is 2. The molecule has 7 heteroatoms. The standard InChI is InChI=1S/C26H23ClN2O4/c1-15-8-7-10-20(16(15)2)29-25(30)23(18-9-5-6-11-21(18)32-3)24(26(29)31)28-17-12-13-22(33-4)19(27)14-17/h5-14,28H,1-4H3. The smallest absolute Gasteiger partial charge is 0.282 e. The number of para-hydroxylation sites is 1. The summed E-state index contributed by atoms with van der Waals surface area (Å²) in [6, 6.07) is 17.7. The second-order valence-corrected chi connectivity index (χ2v) is 8.00. The van der Waals surface area contributed by atoms with Gasteiger partial charge in [0.15, 0.2) is 0 Å². The van der Waals surface area contributed by atoms with Gasteiger partial charge < -0.3 is 14.8 Å². The minimum atomic E-state index is -0.457. The summed E-state index contributed by atoms with van der Waals surface area (Å²) >= 11 is 6.28. The molecular formula is C26H23ClN2O4. The van der Waals surface area contributed by atoms with Crippen LogP contribution in [0.5, 0.6) is 11.5 Å². The van der Waals surface area contributed by atoms with E-state index in [0.29, 0.717) is 33.5 Å². The van der Waals surface area contributed by atoms with Crippen LogP contribution in [0.25, 0.3) is 5.57 Å². The number of methoxy groups -OCH3 is 2. The summed E-state index contributed by atoms with van der Waals surface area (Å²) in [6.45, 7) is 3.83. The highest BCUT2D eigenvalue weighted by Gasteiger charge is 2.41. The number of benzene rings is 3. The average Bonchev–Trinajstić information content (AvgIpc) is 3.05. The van der Waals surface area contributed by atoms with Gasteiger partial charge in [0.1, 0.15) is 17.2 Å². The van der Waals surface area contributed by atoms with E-state index in [4.69, 9.17) is 21.1 Å². The summed E-state index contributed by atoms with van der Waals surface area (Å²) in [6.07, 6.45) is 0. The highest BCUT2D eigenvalue weighted by molar-refractivity contribution is 6.46. The van der Waals surface area contributed by atoms with Crippen molar-refractivity contribution in [1.29, 1.82) is 0 Å². The Morgan fingerprint density at radius 3 is 2.27 bits per heavy atom. The fraction of sp³-hybridized carbons (Fsp3) is 0.154. The molecule has 6 nitrogen and oxygen atoms in total. The molecule has 168 valence electrons. The van der Waals surface area contributed by atoms with Gasteiger partial charge in [-0.25, -0.2) is 4.90 Å². The summed E-state index contributed by atoms with van der Waals surface area (Å²) in [5.41, 5.74) is 3.82. The number of anilines is 2. The van der Waals surface area contributed by atoms with Crippen molar-refractivity contribution in [2.45, 2.75) is 13.8 Å². The molecule has 0 atom stereocenters. The van der Waals surface area contributed by atoms with Crippen LogP contribution in [0.15, 0.2) is 66.4 Å². The summed E-state index contributed by atoms with van der Waals surface area (Å²) in [4.78, 5) is 28.6. The number of nitrogens with one attached hydrogen (secondary N) is 1. The van der Waals surface area contributed by atoms with Gasteiger partial charge in [-0.15, -0.1) is 0 Å². The Kier molecular flexibility index (Phi) is 6.11. The normalized spacial score (nSPS) is 13.5. The van der Waals surface area contributed by atoms with E-state index in [1.54, 1.807) is 42.5 Å². The van der Waals surface area contributed by atoms with Gasteiger partial charge in [-0.3, -0.25) is 9.59 Å². The third-order valence-electron chi connectivity index (χ3n) is 5.70. The molecule has 0 aromatic heterocycles. The maximum Gasteiger partial charge on any atom is 0.282 e. The Balaban J connectivity index is 1.88. The first-order valence-corrected chi connectivity index (χ1v) is 10.7. The van der Waals surface area contributed by atoms with Crippen LogP contribution in [0, 0.1) is 13.8 Å². The fourth-order valence-electron chi connectivity index (χ4n) is 3.83. The number of halogens is 1. The van der Waals surface area contributed by atoms with E-state index in [0.717, 1.165) is 11.1 Å². The maximum absolute atomic E-state index is 13.7. The van der Waals surface area contributed by atoms with Gasteiger partial charge in [0.05, 0.1) is 30.5 Å². The summed E-state index contributed by atoms with van der Waals surface area (Å²) < 4.78 is 10.7. The first-order chi connectivity index (χ1) is 15.9.